The summed E-state index contributed by atoms with van der Waals surface area (Å²) in [4.78, 5) is 3.87. The minimum absolute atomic E-state index is 0.223. The third-order valence-corrected chi connectivity index (χ3v) is 1.99. The van der Waals surface area contributed by atoms with Gasteiger partial charge in [-0.25, -0.2) is 0 Å². The summed E-state index contributed by atoms with van der Waals surface area (Å²) in [5, 5.41) is 3.09. The van der Waals surface area contributed by atoms with E-state index in [0.717, 1.165) is 13.0 Å². The predicted molar refractivity (Wildman–Crippen MR) is 57.8 cm³/mol. The van der Waals surface area contributed by atoms with Gasteiger partial charge in [-0.2, -0.15) is 13.2 Å². The highest BCUT2D eigenvalue weighted by Crippen LogP contribution is 2.21. The van der Waals surface area contributed by atoms with E-state index in [4.69, 9.17) is 4.74 Å². The standard InChI is InChI=1S/C11H15F3N2O/c1-2-4-15-6-9-7-16-5-3-10(9)17-8-11(12,13)14/h3,5,7,15H,2,4,6,8H2,1H3. The van der Waals surface area contributed by atoms with Crippen LogP contribution in [-0.4, -0.2) is 24.3 Å². The SMILES string of the molecule is CCCNCc1cnccc1OCC(F)(F)F. The Morgan fingerprint density at radius 2 is 2.18 bits per heavy atom. The number of pyridine rings is 1. The molecule has 0 radical (unpaired) electrons. The van der Waals surface area contributed by atoms with Gasteiger partial charge >= 0.3 is 6.18 Å². The number of halogens is 3. The van der Waals surface area contributed by atoms with Gasteiger partial charge in [-0.3, -0.25) is 4.98 Å². The largest absolute Gasteiger partial charge is 0.484 e. The first kappa shape index (κ1) is 13.8. The van der Waals surface area contributed by atoms with Gasteiger partial charge in [0.1, 0.15) is 5.75 Å². The zero-order valence-electron chi connectivity index (χ0n) is 9.55. The third kappa shape index (κ3) is 5.53. The van der Waals surface area contributed by atoms with Gasteiger partial charge in [-0.1, -0.05) is 6.92 Å². The molecule has 0 saturated carbocycles. The lowest BCUT2D eigenvalue weighted by Gasteiger charge is -2.12. The fraction of sp³-hybridized carbons (Fsp3) is 0.545. The number of hydrogen-bond donors (Lipinski definition) is 1. The zero-order valence-corrected chi connectivity index (χ0v) is 9.55. The summed E-state index contributed by atoms with van der Waals surface area (Å²) in [7, 11) is 0. The summed E-state index contributed by atoms with van der Waals surface area (Å²) in [5.74, 6) is 0.223. The molecular formula is C11H15F3N2O. The van der Waals surface area contributed by atoms with E-state index >= 15 is 0 Å². The molecule has 0 aliphatic carbocycles. The Labute approximate surface area is 98.0 Å². The van der Waals surface area contributed by atoms with Gasteiger partial charge in [-0.15, -0.1) is 0 Å². The summed E-state index contributed by atoms with van der Waals surface area (Å²) in [6, 6.07) is 1.44. The molecule has 0 aromatic carbocycles. The van der Waals surface area contributed by atoms with Crippen molar-refractivity contribution in [2.75, 3.05) is 13.2 Å². The van der Waals surface area contributed by atoms with Crippen molar-refractivity contribution in [2.24, 2.45) is 0 Å². The Morgan fingerprint density at radius 3 is 2.82 bits per heavy atom. The van der Waals surface area contributed by atoms with Crippen molar-refractivity contribution in [1.82, 2.24) is 10.3 Å². The van der Waals surface area contributed by atoms with Crippen molar-refractivity contribution in [3.05, 3.63) is 24.0 Å². The lowest BCUT2D eigenvalue weighted by Crippen LogP contribution is -2.21. The molecule has 1 aromatic heterocycles. The highest BCUT2D eigenvalue weighted by Gasteiger charge is 2.28. The molecule has 1 aromatic rings. The van der Waals surface area contributed by atoms with Gasteiger partial charge < -0.3 is 10.1 Å². The minimum Gasteiger partial charge on any atom is -0.484 e. The maximum Gasteiger partial charge on any atom is 0.422 e. The smallest absolute Gasteiger partial charge is 0.422 e. The second-order valence-electron chi connectivity index (χ2n) is 3.56. The maximum atomic E-state index is 12.0. The fourth-order valence-corrected chi connectivity index (χ4v) is 1.25. The van der Waals surface area contributed by atoms with E-state index < -0.39 is 12.8 Å². The molecule has 0 bridgehead atoms. The molecule has 6 heteroatoms. The summed E-state index contributed by atoms with van der Waals surface area (Å²) in [6.45, 7) is 1.98. The van der Waals surface area contributed by atoms with Crippen LogP contribution in [0.2, 0.25) is 0 Å². The van der Waals surface area contributed by atoms with Crippen LogP contribution in [0.15, 0.2) is 18.5 Å². The molecule has 0 spiro atoms. The number of nitrogens with zero attached hydrogens (tertiary/aromatic N) is 1. The fourth-order valence-electron chi connectivity index (χ4n) is 1.25. The molecule has 0 saturated heterocycles. The van der Waals surface area contributed by atoms with E-state index in [9.17, 15) is 13.2 Å². The van der Waals surface area contributed by atoms with E-state index in [1.807, 2.05) is 6.92 Å². The second kappa shape index (κ2) is 6.44. The van der Waals surface area contributed by atoms with Crippen LogP contribution in [0, 0.1) is 0 Å². The number of hydrogen-bond acceptors (Lipinski definition) is 3. The van der Waals surface area contributed by atoms with Gasteiger partial charge in [0.2, 0.25) is 0 Å². The first-order valence-corrected chi connectivity index (χ1v) is 5.36. The first-order valence-electron chi connectivity index (χ1n) is 5.36. The molecule has 0 unspecified atom stereocenters. The second-order valence-corrected chi connectivity index (χ2v) is 3.56. The van der Waals surface area contributed by atoms with Crippen molar-refractivity contribution in [3.63, 3.8) is 0 Å². The zero-order chi connectivity index (χ0) is 12.7. The Hall–Kier alpha value is -1.30. The molecule has 1 heterocycles. The Balaban J connectivity index is 2.58. The average Bonchev–Trinajstić information content (AvgIpc) is 2.27. The normalized spacial score (nSPS) is 11.5. The van der Waals surface area contributed by atoms with Crippen LogP contribution >= 0.6 is 0 Å². The van der Waals surface area contributed by atoms with Crippen molar-refractivity contribution in [2.45, 2.75) is 26.1 Å². The van der Waals surface area contributed by atoms with E-state index in [0.29, 0.717) is 12.1 Å². The summed E-state index contributed by atoms with van der Waals surface area (Å²) >= 11 is 0. The molecular weight excluding hydrogens is 233 g/mol. The van der Waals surface area contributed by atoms with E-state index in [1.165, 1.54) is 18.5 Å². The topological polar surface area (TPSA) is 34.2 Å². The van der Waals surface area contributed by atoms with Gasteiger partial charge in [-0.05, 0) is 19.0 Å². The summed E-state index contributed by atoms with van der Waals surface area (Å²) in [6.07, 6.45) is -0.445. The monoisotopic (exact) mass is 248 g/mol. The molecule has 1 N–H and O–H groups in total. The quantitative estimate of drug-likeness (QED) is 0.785. The highest BCUT2D eigenvalue weighted by molar-refractivity contribution is 5.29. The van der Waals surface area contributed by atoms with Crippen LogP contribution < -0.4 is 10.1 Å². The predicted octanol–water partition coefficient (Wildman–Crippen LogP) is 2.52. The molecule has 96 valence electrons. The van der Waals surface area contributed by atoms with Crippen LogP contribution in [0.1, 0.15) is 18.9 Å². The molecule has 3 nitrogen and oxygen atoms in total. The molecule has 0 aliphatic rings. The molecule has 0 atom stereocenters. The van der Waals surface area contributed by atoms with Crippen LogP contribution in [0.4, 0.5) is 13.2 Å². The summed E-state index contributed by atoms with van der Waals surface area (Å²) < 4.78 is 40.8. The molecule has 0 fully saturated rings. The lowest BCUT2D eigenvalue weighted by molar-refractivity contribution is -0.153. The van der Waals surface area contributed by atoms with Crippen molar-refractivity contribution in [1.29, 1.82) is 0 Å². The van der Waals surface area contributed by atoms with Gasteiger partial charge in [0, 0.05) is 24.5 Å². The number of rotatable bonds is 6. The van der Waals surface area contributed by atoms with Crippen LogP contribution in [0.5, 0.6) is 5.75 Å². The Kier molecular flexibility index (Phi) is 5.21. The lowest BCUT2D eigenvalue weighted by atomic mass is 10.2. The molecule has 17 heavy (non-hydrogen) atoms. The van der Waals surface area contributed by atoms with E-state index in [1.54, 1.807) is 0 Å². The number of aromatic nitrogens is 1. The number of alkyl halides is 3. The van der Waals surface area contributed by atoms with Crippen LogP contribution in [0.25, 0.3) is 0 Å². The third-order valence-electron chi connectivity index (χ3n) is 1.99. The van der Waals surface area contributed by atoms with Crippen molar-refractivity contribution < 1.29 is 17.9 Å². The van der Waals surface area contributed by atoms with Crippen molar-refractivity contribution >= 4 is 0 Å². The summed E-state index contributed by atoms with van der Waals surface area (Å²) in [5.41, 5.74) is 0.630. The van der Waals surface area contributed by atoms with Gasteiger partial charge in [0.05, 0.1) is 0 Å². The van der Waals surface area contributed by atoms with Gasteiger partial charge in [0.25, 0.3) is 0 Å². The minimum atomic E-state index is -4.32. The molecule has 1 rings (SSSR count). The highest BCUT2D eigenvalue weighted by atomic mass is 19.4. The first-order chi connectivity index (χ1) is 8.03. The van der Waals surface area contributed by atoms with Crippen LogP contribution in [0.3, 0.4) is 0 Å². The van der Waals surface area contributed by atoms with E-state index in [2.05, 4.69) is 10.3 Å². The van der Waals surface area contributed by atoms with E-state index in [-0.39, 0.29) is 5.75 Å². The number of nitrogens with one attached hydrogen (secondary N) is 1. The maximum absolute atomic E-state index is 12.0. The average molecular weight is 248 g/mol. The number of ether oxygens (including phenoxy) is 1. The molecule has 0 aliphatic heterocycles. The van der Waals surface area contributed by atoms with Crippen molar-refractivity contribution in [3.8, 4) is 5.75 Å². The Bertz CT molecular complexity index is 342. The molecule has 0 amide bonds. The Morgan fingerprint density at radius 1 is 1.41 bits per heavy atom. The van der Waals surface area contributed by atoms with Gasteiger partial charge in [0.15, 0.2) is 6.61 Å². The van der Waals surface area contributed by atoms with Crippen LogP contribution in [-0.2, 0) is 6.54 Å².